The highest BCUT2D eigenvalue weighted by molar-refractivity contribution is 5.95. The molecule has 6 nitrogen and oxygen atoms in total. The van der Waals surface area contributed by atoms with Crippen molar-refractivity contribution in [3.05, 3.63) is 53.3 Å². The van der Waals surface area contributed by atoms with E-state index in [1.807, 2.05) is 62.7 Å². The standard InChI is InChI=1S/C20H25N3O3/c1-13-15(10-21-23(13)20(2,3)4)18(24)22-11-16(17(12-22)19(25)26)14-8-6-5-7-9-14/h5-10,16-17H,11-12H2,1-4H3,(H,25,26)/t16-,17-/m0/s1. The van der Waals surface area contributed by atoms with Gasteiger partial charge in [-0.05, 0) is 33.3 Å². The van der Waals surface area contributed by atoms with E-state index in [1.54, 1.807) is 11.1 Å². The first-order valence-electron chi connectivity index (χ1n) is 8.82. The molecule has 1 fully saturated rings. The van der Waals surface area contributed by atoms with Crippen molar-refractivity contribution >= 4 is 11.9 Å². The highest BCUT2D eigenvalue weighted by atomic mass is 16.4. The zero-order chi connectivity index (χ0) is 19.1. The van der Waals surface area contributed by atoms with E-state index in [0.717, 1.165) is 11.3 Å². The minimum Gasteiger partial charge on any atom is -0.481 e. The summed E-state index contributed by atoms with van der Waals surface area (Å²) < 4.78 is 1.83. The molecular formula is C20H25N3O3. The number of rotatable bonds is 3. The molecule has 6 heteroatoms. The summed E-state index contributed by atoms with van der Waals surface area (Å²) in [6.45, 7) is 8.59. The number of hydrogen-bond donors (Lipinski definition) is 1. The first-order chi connectivity index (χ1) is 12.2. The molecule has 0 bridgehead atoms. The SMILES string of the molecule is Cc1c(C(=O)N2C[C@H](C(=O)O)[C@H](c3ccccc3)C2)cnn1C(C)(C)C. The van der Waals surface area contributed by atoms with E-state index in [1.165, 1.54) is 0 Å². The molecule has 1 N–H and O–H groups in total. The Balaban J connectivity index is 1.88. The van der Waals surface area contributed by atoms with E-state index >= 15 is 0 Å². The molecule has 3 rings (SSSR count). The highest BCUT2D eigenvalue weighted by Crippen LogP contribution is 2.34. The predicted molar refractivity (Wildman–Crippen MR) is 98.2 cm³/mol. The number of aliphatic carboxylic acids is 1. The second-order valence-electron chi connectivity index (χ2n) is 7.90. The summed E-state index contributed by atoms with van der Waals surface area (Å²) in [5.74, 6) is -1.81. The van der Waals surface area contributed by atoms with Crippen LogP contribution in [0.5, 0.6) is 0 Å². The van der Waals surface area contributed by atoms with Gasteiger partial charge in [0, 0.05) is 24.7 Å². The van der Waals surface area contributed by atoms with Crippen molar-refractivity contribution in [3.8, 4) is 0 Å². The molecule has 1 aromatic heterocycles. The highest BCUT2D eigenvalue weighted by Gasteiger charge is 2.41. The summed E-state index contributed by atoms with van der Waals surface area (Å²) in [7, 11) is 0. The molecule has 1 amide bonds. The molecule has 1 aromatic carbocycles. The molecule has 2 atom stereocenters. The molecule has 26 heavy (non-hydrogen) atoms. The summed E-state index contributed by atoms with van der Waals surface area (Å²) in [4.78, 5) is 26.4. The van der Waals surface area contributed by atoms with Crippen molar-refractivity contribution < 1.29 is 14.7 Å². The number of aromatic nitrogens is 2. The summed E-state index contributed by atoms with van der Waals surface area (Å²) >= 11 is 0. The smallest absolute Gasteiger partial charge is 0.308 e. The minimum absolute atomic E-state index is 0.150. The van der Waals surface area contributed by atoms with Crippen LogP contribution in [0, 0.1) is 12.8 Å². The second kappa shape index (κ2) is 6.59. The van der Waals surface area contributed by atoms with Crippen LogP contribution in [0.4, 0.5) is 0 Å². The zero-order valence-corrected chi connectivity index (χ0v) is 15.6. The fourth-order valence-electron chi connectivity index (χ4n) is 3.72. The minimum atomic E-state index is -0.865. The number of carbonyl (C=O) groups excluding carboxylic acids is 1. The topological polar surface area (TPSA) is 75.4 Å². The van der Waals surface area contributed by atoms with Gasteiger partial charge in [0.2, 0.25) is 0 Å². The van der Waals surface area contributed by atoms with Crippen LogP contribution >= 0.6 is 0 Å². The Morgan fingerprint density at radius 3 is 2.35 bits per heavy atom. The molecule has 1 saturated heterocycles. The Morgan fingerprint density at radius 1 is 1.15 bits per heavy atom. The largest absolute Gasteiger partial charge is 0.481 e. The number of likely N-dealkylation sites (tertiary alicyclic amines) is 1. The van der Waals surface area contributed by atoms with Crippen LogP contribution in [-0.2, 0) is 10.3 Å². The lowest BCUT2D eigenvalue weighted by atomic mass is 9.89. The molecule has 2 aromatic rings. The van der Waals surface area contributed by atoms with Gasteiger partial charge in [-0.25, -0.2) is 0 Å². The molecule has 1 aliphatic heterocycles. The van der Waals surface area contributed by atoms with E-state index in [0.29, 0.717) is 12.1 Å². The molecule has 0 aliphatic carbocycles. The maximum atomic E-state index is 13.0. The van der Waals surface area contributed by atoms with Gasteiger partial charge in [-0.1, -0.05) is 30.3 Å². The van der Waals surface area contributed by atoms with E-state index in [2.05, 4.69) is 5.10 Å². The number of carbonyl (C=O) groups is 2. The Labute approximate surface area is 153 Å². The average Bonchev–Trinajstić information content (AvgIpc) is 3.18. The predicted octanol–water partition coefficient (Wildman–Crippen LogP) is 2.89. The van der Waals surface area contributed by atoms with Crippen LogP contribution in [0.2, 0.25) is 0 Å². The van der Waals surface area contributed by atoms with Crippen LogP contribution < -0.4 is 0 Å². The third-order valence-electron chi connectivity index (χ3n) is 5.03. The van der Waals surface area contributed by atoms with Crippen molar-refractivity contribution in [2.24, 2.45) is 5.92 Å². The van der Waals surface area contributed by atoms with Crippen molar-refractivity contribution in [2.45, 2.75) is 39.2 Å². The van der Waals surface area contributed by atoms with Gasteiger partial charge in [0.15, 0.2) is 0 Å². The van der Waals surface area contributed by atoms with E-state index < -0.39 is 11.9 Å². The fraction of sp³-hybridized carbons (Fsp3) is 0.450. The maximum Gasteiger partial charge on any atom is 0.308 e. The molecule has 0 radical (unpaired) electrons. The maximum absolute atomic E-state index is 13.0. The van der Waals surface area contributed by atoms with Gasteiger partial charge in [0.25, 0.3) is 5.91 Å². The first-order valence-corrected chi connectivity index (χ1v) is 8.82. The van der Waals surface area contributed by atoms with Crippen molar-refractivity contribution in [3.63, 3.8) is 0 Å². The molecule has 2 heterocycles. The number of hydrogen-bond acceptors (Lipinski definition) is 3. The van der Waals surface area contributed by atoms with Crippen molar-refractivity contribution in [2.75, 3.05) is 13.1 Å². The van der Waals surface area contributed by atoms with Gasteiger partial charge < -0.3 is 10.0 Å². The van der Waals surface area contributed by atoms with E-state index in [4.69, 9.17) is 0 Å². The van der Waals surface area contributed by atoms with Gasteiger partial charge in [-0.3, -0.25) is 14.3 Å². The van der Waals surface area contributed by atoms with Crippen LogP contribution in [0.15, 0.2) is 36.5 Å². The van der Waals surface area contributed by atoms with Gasteiger partial charge in [0.05, 0.1) is 23.2 Å². The summed E-state index contributed by atoms with van der Waals surface area (Å²) in [5.41, 5.74) is 2.08. The average molecular weight is 355 g/mol. The van der Waals surface area contributed by atoms with Crippen LogP contribution in [0.3, 0.4) is 0 Å². The Morgan fingerprint density at radius 2 is 1.81 bits per heavy atom. The number of nitrogens with zero attached hydrogens (tertiary/aromatic N) is 3. The van der Waals surface area contributed by atoms with Gasteiger partial charge in [-0.2, -0.15) is 5.10 Å². The van der Waals surface area contributed by atoms with Crippen LogP contribution in [0.1, 0.15) is 48.3 Å². The lowest BCUT2D eigenvalue weighted by molar-refractivity contribution is -0.141. The molecule has 0 saturated carbocycles. The quantitative estimate of drug-likeness (QED) is 0.918. The number of carboxylic acid groups (broad SMARTS) is 1. The molecule has 0 unspecified atom stereocenters. The third-order valence-corrected chi connectivity index (χ3v) is 5.03. The Kier molecular flexibility index (Phi) is 4.61. The van der Waals surface area contributed by atoms with Gasteiger partial charge >= 0.3 is 5.97 Å². The number of carboxylic acids is 1. The van der Waals surface area contributed by atoms with Crippen LogP contribution in [0.25, 0.3) is 0 Å². The van der Waals surface area contributed by atoms with Crippen molar-refractivity contribution in [1.29, 1.82) is 0 Å². The molecule has 1 aliphatic rings. The summed E-state index contributed by atoms with van der Waals surface area (Å²) in [6.07, 6.45) is 1.59. The lowest BCUT2D eigenvalue weighted by Crippen LogP contribution is -2.31. The second-order valence-corrected chi connectivity index (χ2v) is 7.90. The Bertz CT molecular complexity index is 821. The zero-order valence-electron chi connectivity index (χ0n) is 15.6. The summed E-state index contributed by atoms with van der Waals surface area (Å²) in [5, 5.41) is 14.0. The summed E-state index contributed by atoms with van der Waals surface area (Å²) in [6, 6.07) is 9.56. The van der Waals surface area contributed by atoms with Gasteiger partial charge in [-0.15, -0.1) is 0 Å². The van der Waals surface area contributed by atoms with Crippen molar-refractivity contribution in [1.82, 2.24) is 14.7 Å². The number of amides is 1. The Hall–Kier alpha value is -2.63. The monoisotopic (exact) mass is 355 g/mol. The number of benzene rings is 1. The lowest BCUT2D eigenvalue weighted by Gasteiger charge is -2.22. The third kappa shape index (κ3) is 3.23. The molecular weight excluding hydrogens is 330 g/mol. The van der Waals surface area contributed by atoms with E-state index in [9.17, 15) is 14.7 Å². The fourth-order valence-corrected chi connectivity index (χ4v) is 3.72. The van der Waals surface area contributed by atoms with Gasteiger partial charge in [0.1, 0.15) is 0 Å². The molecule has 138 valence electrons. The van der Waals surface area contributed by atoms with Crippen LogP contribution in [-0.4, -0.2) is 44.8 Å². The van der Waals surface area contributed by atoms with E-state index in [-0.39, 0.29) is 23.9 Å². The normalized spacial score (nSPS) is 20.4. The first kappa shape index (κ1) is 18.2. The molecule has 0 spiro atoms.